The van der Waals surface area contributed by atoms with Crippen molar-refractivity contribution in [1.82, 2.24) is 0 Å². The number of carbonyl (C=O) groups is 1. The van der Waals surface area contributed by atoms with Crippen molar-refractivity contribution in [3.05, 3.63) is 76.9 Å². The maximum absolute atomic E-state index is 11.2. The van der Waals surface area contributed by atoms with Crippen molar-refractivity contribution in [3.8, 4) is 0 Å². The number of carboxylic acids is 1. The van der Waals surface area contributed by atoms with E-state index < -0.39 is 5.97 Å². The Morgan fingerprint density at radius 3 is 2.73 bits per heavy atom. The second-order valence-corrected chi connectivity index (χ2v) is 6.59. The summed E-state index contributed by atoms with van der Waals surface area (Å²) in [5, 5.41) is 9.21. The Bertz CT molecular complexity index is 734. The third-order valence-electron chi connectivity index (χ3n) is 4.57. The van der Waals surface area contributed by atoms with E-state index in [9.17, 15) is 9.90 Å². The van der Waals surface area contributed by atoms with Crippen molar-refractivity contribution in [1.29, 1.82) is 0 Å². The van der Waals surface area contributed by atoms with Crippen LogP contribution in [0, 0.1) is 0 Å². The minimum absolute atomic E-state index is 0.280. The van der Waals surface area contributed by atoms with Crippen LogP contribution >= 0.6 is 0 Å². The first-order valence-electron chi connectivity index (χ1n) is 9.19. The third kappa shape index (κ3) is 6.49. The predicted octanol–water partition coefficient (Wildman–Crippen LogP) is 5.39. The molecule has 0 amide bonds. The van der Waals surface area contributed by atoms with Gasteiger partial charge in [-0.1, -0.05) is 54.6 Å². The molecule has 1 N–H and O–H groups in total. The summed E-state index contributed by atoms with van der Waals surface area (Å²) < 4.78 is 5.30. The van der Waals surface area contributed by atoms with Gasteiger partial charge in [0.25, 0.3) is 0 Å². The highest BCUT2D eigenvalue weighted by molar-refractivity contribution is 5.89. The average molecular weight is 352 g/mol. The summed E-state index contributed by atoms with van der Waals surface area (Å²) in [5.74, 6) is -0.851. The van der Waals surface area contributed by atoms with Crippen molar-refractivity contribution in [2.75, 3.05) is 7.11 Å². The Morgan fingerprint density at radius 2 is 1.96 bits per heavy atom. The van der Waals surface area contributed by atoms with Gasteiger partial charge in [-0.3, -0.25) is 0 Å². The molecular formula is C23H28O3. The molecule has 2 aromatic carbocycles. The lowest BCUT2D eigenvalue weighted by molar-refractivity contribution is 0.0695. The normalized spacial score (nSPS) is 12.4. The smallest absolute Gasteiger partial charge is 0.335 e. The van der Waals surface area contributed by atoms with Crippen LogP contribution < -0.4 is 0 Å². The predicted molar refractivity (Wildman–Crippen MR) is 107 cm³/mol. The zero-order chi connectivity index (χ0) is 18.8. The number of aromatic carboxylic acids is 1. The summed E-state index contributed by atoms with van der Waals surface area (Å²) in [6.45, 7) is 2.09. The number of ether oxygens (including phenoxy) is 1. The van der Waals surface area contributed by atoms with Crippen molar-refractivity contribution < 1.29 is 14.6 Å². The van der Waals surface area contributed by atoms with E-state index in [1.165, 1.54) is 11.1 Å². The number of hydrogen-bond acceptors (Lipinski definition) is 2. The van der Waals surface area contributed by atoms with Crippen LogP contribution in [-0.4, -0.2) is 24.3 Å². The van der Waals surface area contributed by atoms with Gasteiger partial charge in [0.15, 0.2) is 0 Å². The van der Waals surface area contributed by atoms with Crippen LogP contribution in [0.5, 0.6) is 0 Å². The van der Waals surface area contributed by atoms with Crippen molar-refractivity contribution in [2.24, 2.45) is 0 Å². The van der Waals surface area contributed by atoms with Crippen LogP contribution in [0.4, 0.5) is 0 Å². The topological polar surface area (TPSA) is 46.5 Å². The lowest BCUT2D eigenvalue weighted by Gasteiger charge is -2.09. The minimum atomic E-state index is -0.851. The average Bonchev–Trinajstić information content (AvgIpc) is 2.66. The monoisotopic (exact) mass is 352 g/mol. The van der Waals surface area contributed by atoms with E-state index in [2.05, 4.69) is 43.3 Å². The van der Waals surface area contributed by atoms with Gasteiger partial charge in [0.1, 0.15) is 0 Å². The second kappa shape index (κ2) is 10.6. The van der Waals surface area contributed by atoms with Crippen LogP contribution in [0.3, 0.4) is 0 Å². The molecule has 26 heavy (non-hydrogen) atoms. The number of aryl methyl sites for hydroxylation is 2. The lowest BCUT2D eigenvalue weighted by atomic mass is 10.0. The maximum atomic E-state index is 11.2. The molecule has 1 unspecified atom stereocenters. The summed E-state index contributed by atoms with van der Waals surface area (Å²) in [7, 11) is 1.75. The summed E-state index contributed by atoms with van der Waals surface area (Å²) in [6, 6.07) is 15.8. The molecule has 0 aliphatic heterocycles. The van der Waals surface area contributed by atoms with E-state index in [1.54, 1.807) is 19.2 Å². The van der Waals surface area contributed by atoms with Gasteiger partial charge in [0, 0.05) is 7.11 Å². The van der Waals surface area contributed by atoms with Crippen LogP contribution in [0.15, 0.2) is 54.6 Å². The molecule has 1 atom stereocenters. The fourth-order valence-electron chi connectivity index (χ4n) is 2.92. The first-order chi connectivity index (χ1) is 12.6. The minimum Gasteiger partial charge on any atom is -0.478 e. The van der Waals surface area contributed by atoms with Gasteiger partial charge in [-0.15, -0.1) is 0 Å². The molecule has 138 valence electrons. The zero-order valence-electron chi connectivity index (χ0n) is 15.7. The van der Waals surface area contributed by atoms with E-state index in [4.69, 9.17) is 4.74 Å². The van der Waals surface area contributed by atoms with Gasteiger partial charge >= 0.3 is 5.97 Å². The molecular weight excluding hydrogens is 324 g/mol. The van der Waals surface area contributed by atoms with E-state index in [-0.39, 0.29) is 6.10 Å². The third-order valence-corrected chi connectivity index (χ3v) is 4.57. The number of carboxylic acid groups (broad SMARTS) is 1. The van der Waals surface area contributed by atoms with E-state index >= 15 is 0 Å². The van der Waals surface area contributed by atoms with Crippen LogP contribution in [-0.2, 0) is 17.6 Å². The first-order valence-corrected chi connectivity index (χ1v) is 9.19. The molecule has 0 spiro atoms. The molecule has 2 rings (SSSR count). The number of rotatable bonds is 10. The Kier molecular flexibility index (Phi) is 8.10. The number of methoxy groups -OCH3 is 1. The Labute approximate surface area is 156 Å². The molecule has 0 aromatic heterocycles. The fourth-order valence-corrected chi connectivity index (χ4v) is 2.92. The highest BCUT2D eigenvalue weighted by atomic mass is 16.5. The summed E-state index contributed by atoms with van der Waals surface area (Å²) in [5.41, 5.74) is 3.85. The van der Waals surface area contributed by atoms with Crippen molar-refractivity contribution in [3.63, 3.8) is 0 Å². The molecule has 0 saturated carbocycles. The Hall–Kier alpha value is -2.39. The summed E-state index contributed by atoms with van der Waals surface area (Å²) in [4.78, 5) is 11.2. The molecule has 0 saturated heterocycles. The van der Waals surface area contributed by atoms with Gasteiger partial charge in [-0.25, -0.2) is 4.79 Å². The number of benzene rings is 2. The number of allylic oxidation sites excluding steroid dienone is 1. The molecule has 3 heteroatoms. The van der Waals surface area contributed by atoms with Gasteiger partial charge in [0.2, 0.25) is 0 Å². The summed E-state index contributed by atoms with van der Waals surface area (Å²) in [6.07, 6.45) is 9.27. The van der Waals surface area contributed by atoms with Gasteiger partial charge in [-0.2, -0.15) is 0 Å². The summed E-state index contributed by atoms with van der Waals surface area (Å²) >= 11 is 0. The second-order valence-electron chi connectivity index (χ2n) is 6.59. The molecule has 3 nitrogen and oxygen atoms in total. The van der Waals surface area contributed by atoms with E-state index in [0.29, 0.717) is 5.56 Å². The molecule has 0 aliphatic carbocycles. The quantitative estimate of drug-likeness (QED) is 0.583. The van der Waals surface area contributed by atoms with Gasteiger partial charge in [-0.05, 0) is 61.8 Å². The van der Waals surface area contributed by atoms with Crippen LogP contribution in [0.1, 0.15) is 53.2 Å². The molecule has 0 bridgehead atoms. The molecule has 0 radical (unpaired) electrons. The number of unbranched alkanes of at least 4 members (excludes halogenated alkanes) is 1. The van der Waals surface area contributed by atoms with E-state index in [0.717, 1.165) is 37.7 Å². The van der Waals surface area contributed by atoms with Gasteiger partial charge in [0.05, 0.1) is 11.7 Å². The highest BCUT2D eigenvalue weighted by Crippen LogP contribution is 2.14. The highest BCUT2D eigenvalue weighted by Gasteiger charge is 2.07. The Morgan fingerprint density at radius 1 is 1.15 bits per heavy atom. The molecule has 0 fully saturated rings. The Balaban J connectivity index is 1.83. The van der Waals surface area contributed by atoms with Crippen LogP contribution in [0.2, 0.25) is 0 Å². The molecule has 0 aliphatic rings. The van der Waals surface area contributed by atoms with E-state index in [1.807, 2.05) is 12.1 Å². The van der Waals surface area contributed by atoms with Crippen molar-refractivity contribution >= 4 is 12.0 Å². The zero-order valence-corrected chi connectivity index (χ0v) is 15.7. The molecule has 2 aromatic rings. The SMILES string of the molecule is COC(C)CCc1cccc(C=CCCCc2ccccc2C(=O)O)c1. The van der Waals surface area contributed by atoms with Crippen LogP contribution in [0.25, 0.3) is 6.08 Å². The standard InChI is InChI=1S/C23H28O3/c1-18(26-2)15-16-20-11-8-10-19(17-20)9-4-3-5-12-21-13-6-7-14-22(21)23(24)25/h4,6-11,13-14,17-18H,3,5,12,15-16H2,1-2H3,(H,24,25). The first kappa shape index (κ1) is 19.9. The fraction of sp³-hybridized carbons (Fsp3) is 0.348. The largest absolute Gasteiger partial charge is 0.478 e. The van der Waals surface area contributed by atoms with Crippen molar-refractivity contribution in [2.45, 2.75) is 45.1 Å². The molecule has 0 heterocycles. The lowest BCUT2D eigenvalue weighted by Crippen LogP contribution is -2.05. The number of hydrogen-bond donors (Lipinski definition) is 1. The maximum Gasteiger partial charge on any atom is 0.335 e. The van der Waals surface area contributed by atoms with Gasteiger partial charge < -0.3 is 9.84 Å².